The van der Waals surface area contributed by atoms with Crippen molar-refractivity contribution in [3.63, 3.8) is 0 Å². The van der Waals surface area contributed by atoms with E-state index in [1.165, 1.54) is 49.3 Å². The number of halogens is 2. The first-order chi connectivity index (χ1) is 15.4. The van der Waals surface area contributed by atoms with E-state index in [2.05, 4.69) is 141 Å². The van der Waals surface area contributed by atoms with Gasteiger partial charge in [-0.3, -0.25) is 6.08 Å². The van der Waals surface area contributed by atoms with Gasteiger partial charge in [0.05, 0.1) is 0 Å². The van der Waals surface area contributed by atoms with Crippen LogP contribution in [0.2, 0.25) is 19.6 Å². The molecule has 0 atom stereocenters. The van der Waals surface area contributed by atoms with Gasteiger partial charge in [0.15, 0.2) is 0 Å². The van der Waals surface area contributed by atoms with Crippen molar-refractivity contribution in [2.24, 2.45) is 0 Å². The summed E-state index contributed by atoms with van der Waals surface area (Å²) in [5.74, 6) is 0. The maximum absolute atomic E-state index is 3.20. The quantitative estimate of drug-likeness (QED) is 0.257. The van der Waals surface area contributed by atoms with Gasteiger partial charge >= 0.3 is 99.2 Å². The number of allylic oxidation sites excluding steroid dienone is 4. The second-order valence-corrected chi connectivity index (χ2v) is 15.0. The van der Waals surface area contributed by atoms with Crippen molar-refractivity contribution < 1.29 is 49.0 Å². The van der Waals surface area contributed by atoms with Crippen LogP contribution >= 0.6 is 0 Å². The summed E-state index contributed by atoms with van der Waals surface area (Å²) >= 11 is 1.46. The predicted octanol–water partition coefficient (Wildman–Crippen LogP) is 1.92. The van der Waals surface area contributed by atoms with Crippen LogP contribution in [0.25, 0.3) is 10.8 Å². The molecule has 0 saturated heterocycles. The fourth-order valence-electron chi connectivity index (χ4n) is 3.37. The summed E-state index contributed by atoms with van der Waals surface area (Å²) in [6.45, 7) is 7.09. The topological polar surface area (TPSA) is 0 Å². The van der Waals surface area contributed by atoms with Crippen LogP contribution in [0.3, 0.4) is 0 Å². The van der Waals surface area contributed by atoms with Crippen LogP contribution in [0.1, 0.15) is 17.5 Å². The average Bonchev–Trinajstić information content (AvgIpc) is 3.53. The summed E-state index contributed by atoms with van der Waals surface area (Å²) < 4.78 is 1.42. The third kappa shape index (κ3) is 9.51. The van der Waals surface area contributed by atoms with Crippen LogP contribution in [-0.2, 0) is 24.2 Å². The minimum atomic E-state index is -0.981. The van der Waals surface area contributed by atoms with E-state index in [0.717, 1.165) is 6.42 Å². The molecule has 1 aliphatic rings. The zero-order chi connectivity index (χ0) is 22.8. The van der Waals surface area contributed by atoms with Gasteiger partial charge in [0.2, 0.25) is 0 Å². The molecule has 34 heavy (non-hydrogen) atoms. The smallest absolute Gasteiger partial charge is 0.0809 e. The van der Waals surface area contributed by atoms with E-state index in [1.807, 2.05) is 0 Å². The number of benzene rings is 3. The zero-order valence-corrected chi connectivity index (χ0v) is 24.9. The van der Waals surface area contributed by atoms with Gasteiger partial charge in [0.25, 0.3) is 0 Å². The fraction of sp³-hybridized carbons (Fsp3) is 0.133. The van der Waals surface area contributed by atoms with Gasteiger partial charge in [0.1, 0.15) is 0 Å². The van der Waals surface area contributed by atoms with E-state index < -0.39 is 8.07 Å². The number of hydrogen-bond acceptors (Lipinski definition) is 0. The first kappa shape index (κ1) is 30.3. The molecule has 0 N–H and O–H groups in total. The molecule has 0 spiro atoms. The summed E-state index contributed by atoms with van der Waals surface area (Å²) in [4.78, 5) is 0. The number of rotatable bonds is 3. The Balaban J connectivity index is 0.000000257. The molecular weight excluding hydrogens is 551 g/mol. The second kappa shape index (κ2) is 15.3. The molecular formula is C30H30Cl2SiZr-2. The Bertz CT molecular complexity index is 1110. The Kier molecular flexibility index (Phi) is 13.7. The molecule has 5 rings (SSSR count). The molecule has 174 valence electrons. The van der Waals surface area contributed by atoms with Crippen LogP contribution in [0.15, 0.2) is 120 Å². The molecule has 4 heteroatoms. The summed E-state index contributed by atoms with van der Waals surface area (Å²) in [5.41, 5.74) is 2.66. The SMILES string of the molecule is C[Si](C)(C)C1=CC[C-]=C1.[Cl-].[Cl-].[Zr+2]=[C](c1ccccc1)c1ccccc1.c1ccc2[cH-]ccc2c1. The van der Waals surface area contributed by atoms with Crippen LogP contribution in [-0.4, -0.2) is 11.3 Å². The Morgan fingerprint density at radius 3 is 1.74 bits per heavy atom. The fourth-order valence-corrected chi connectivity index (χ4v) is 5.43. The molecule has 4 aromatic carbocycles. The molecule has 1 aliphatic carbocycles. The van der Waals surface area contributed by atoms with Crippen molar-refractivity contribution in [3.8, 4) is 0 Å². The third-order valence-electron chi connectivity index (χ3n) is 5.24. The van der Waals surface area contributed by atoms with E-state index >= 15 is 0 Å². The van der Waals surface area contributed by atoms with Crippen molar-refractivity contribution in [2.75, 3.05) is 0 Å². The predicted molar refractivity (Wildman–Crippen MR) is 139 cm³/mol. The second-order valence-electron chi connectivity index (χ2n) is 8.72. The largest absolute Gasteiger partial charge is 0.168 e. The van der Waals surface area contributed by atoms with Gasteiger partial charge in [-0.2, -0.15) is 23.6 Å². The molecule has 0 aliphatic heterocycles. The van der Waals surface area contributed by atoms with Gasteiger partial charge in [-0.1, -0.05) is 25.7 Å². The van der Waals surface area contributed by atoms with Crippen molar-refractivity contribution in [3.05, 3.63) is 138 Å². The molecule has 0 unspecified atom stereocenters. The molecule has 0 nitrogen and oxygen atoms in total. The van der Waals surface area contributed by atoms with Crippen molar-refractivity contribution in [2.45, 2.75) is 26.1 Å². The van der Waals surface area contributed by atoms with Crippen molar-refractivity contribution in [1.29, 1.82) is 0 Å². The van der Waals surface area contributed by atoms with E-state index in [-0.39, 0.29) is 24.8 Å². The van der Waals surface area contributed by atoms with Crippen molar-refractivity contribution >= 4 is 22.1 Å². The molecule has 0 heterocycles. The van der Waals surface area contributed by atoms with Gasteiger partial charge in [-0.05, 0) is 8.07 Å². The summed E-state index contributed by atoms with van der Waals surface area (Å²) in [5, 5.41) is 4.22. The molecule has 0 saturated carbocycles. The van der Waals surface area contributed by atoms with Crippen LogP contribution in [0, 0.1) is 6.08 Å². The standard InChI is InChI=1S/C13H10.C9H7.C8H13Si.2ClH.Zr/c1-3-7-12(8-4-1)11-13-9-5-2-6-10-13;1-2-5-9-7-3-6-8(9)4-1;1-9(2,3)8-6-4-5-7-8;;;/h1-10H;1-7H;6-7H,4H2,1-3H3;2*1H;/q;2*-1;;;+2/p-2. The monoisotopic (exact) mass is 578 g/mol. The number of hydrogen-bond donors (Lipinski definition) is 0. The summed E-state index contributed by atoms with van der Waals surface area (Å²) in [7, 11) is -0.981. The molecule has 0 amide bonds. The molecule has 0 fully saturated rings. The first-order valence-electron chi connectivity index (χ1n) is 11.0. The van der Waals surface area contributed by atoms with E-state index in [1.54, 1.807) is 5.20 Å². The summed E-state index contributed by atoms with van der Waals surface area (Å²) in [6, 6.07) is 35.8. The Morgan fingerprint density at radius 1 is 0.765 bits per heavy atom. The zero-order valence-electron chi connectivity index (χ0n) is 19.9. The van der Waals surface area contributed by atoms with Crippen LogP contribution in [0.4, 0.5) is 0 Å². The van der Waals surface area contributed by atoms with Gasteiger partial charge < -0.3 is 24.8 Å². The number of fused-ring (bicyclic) bond motifs is 1. The van der Waals surface area contributed by atoms with E-state index in [4.69, 9.17) is 0 Å². The minimum absolute atomic E-state index is 0. The molecule has 0 radical (unpaired) electrons. The first-order valence-corrected chi connectivity index (χ1v) is 15.7. The van der Waals surface area contributed by atoms with Gasteiger partial charge in [0, 0.05) is 0 Å². The molecule has 4 aromatic rings. The maximum Gasteiger partial charge on any atom is -0.0809 e. The minimum Gasteiger partial charge on any atom is -0.168 e. The van der Waals surface area contributed by atoms with Crippen molar-refractivity contribution in [1.82, 2.24) is 0 Å². The summed E-state index contributed by atoms with van der Waals surface area (Å²) in [6.07, 6.45) is 8.69. The van der Waals surface area contributed by atoms with Gasteiger partial charge in [-0.15, -0.1) is 36.1 Å². The molecule has 0 aromatic heterocycles. The Morgan fingerprint density at radius 2 is 1.29 bits per heavy atom. The van der Waals surface area contributed by atoms with Crippen LogP contribution in [0.5, 0.6) is 0 Å². The maximum atomic E-state index is 3.20. The van der Waals surface area contributed by atoms with E-state index in [0.29, 0.717) is 0 Å². The Labute approximate surface area is 233 Å². The average molecular weight is 581 g/mol. The normalized spacial score (nSPS) is 11.6. The van der Waals surface area contributed by atoms with Gasteiger partial charge in [-0.25, -0.2) is 11.3 Å². The molecule has 0 bridgehead atoms. The van der Waals surface area contributed by atoms with E-state index in [9.17, 15) is 0 Å². The Hall–Kier alpha value is -1.70. The third-order valence-corrected chi connectivity index (χ3v) is 8.74. The van der Waals surface area contributed by atoms with Crippen LogP contribution < -0.4 is 24.8 Å².